The number of aliphatic hydroxyl groups excluding tert-OH is 1. The first-order valence-corrected chi connectivity index (χ1v) is 8.32. The number of likely N-dealkylation sites (tertiary alicyclic amines) is 1. The maximum Gasteiger partial charge on any atom is 0.220 e. The second-order valence-corrected chi connectivity index (χ2v) is 6.71. The zero-order valence-electron chi connectivity index (χ0n) is 12.0. The fourth-order valence-corrected chi connectivity index (χ4v) is 4.11. The van der Waals surface area contributed by atoms with Crippen LogP contribution in [0, 0.1) is 17.8 Å². The van der Waals surface area contributed by atoms with Crippen LogP contribution < -0.4 is 5.32 Å². The number of rotatable bonds is 2. The van der Waals surface area contributed by atoms with Crippen LogP contribution in [0.3, 0.4) is 0 Å². The highest BCUT2D eigenvalue weighted by atomic mass is 32.1. The van der Waals surface area contributed by atoms with Gasteiger partial charge in [-0.3, -0.25) is 9.69 Å². The van der Waals surface area contributed by atoms with Crippen molar-refractivity contribution in [1.29, 1.82) is 0 Å². The Morgan fingerprint density at radius 2 is 2.38 bits per heavy atom. The quantitative estimate of drug-likeness (QED) is 0.807. The summed E-state index contributed by atoms with van der Waals surface area (Å²) in [5.41, 5.74) is 1.04. The maximum absolute atomic E-state index is 11.4. The van der Waals surface area contributed by atoms with Crippen molar-refractivity contribution in [2.24, 2.45) is 5.92 Å². The molecule has 0 spiro atoms. The number of piperidine rings is 2. The Morgan fingerprint density at radius 3 is 3.24 bits per heavy atom. The Kier molecular flexibility index (Phi) is 4.59. The van der Waals surface area contributed by atoms with Crippen LogP contribution in [0.25, 0.3) is 0 Å². The fourth-order valence-electron chi connectivity index (χ4n) is 3.24. The van der Waals surface area contributed by atoms with E-state index in [0.29, 0.717) is 18.4 Å². The Labute approximate surface area is 129 Å². The molecule has 112 valence electrons. The molecule has 0 aliphatic carbocycles. The molecular weight excluding hydrogens is 284 g/mol. The van der Waals surface area contributed by atoms with Gasteiger partial charge in [0, 0.05) is 42.5 Å². The zero-order chi connectivity index (χ0) is 14.7. The van der Waals surface area contributed by atoms with Crippen molar-refractivity contribution in [1.82, 2.24) is 10.2 Å². The normalized spacial score (nSPS) is 25.7. The molecule has 2 atom stereocenters. The van der Waals surface area contributed by atoms with Crippen LogP contribution in [-0.2, 0) is 11.3 Å². The van der Waals surface area contributed by atoms with E-state index >= 15 is 0 Å². The van der Waals surface area contributed by atoms with Gasteiger partial charge in [0.05, 0.1) is 0 Å². The van der Waals surface area contributed by atoms with E-state index in [4.69, 9.17) is 5.11 Å². The largest absolute Gasteiger partial charge is 0.384 e. The Morgan fingerprint density at radius 1 is 1.48 bits per heavy atom. The predicted molar refractivity (Wildman–Crippen MR) is 82.8 cm³/mol. The van der Waals surface area contributed by atoms with Crippen LogP contribution in [-0.4, -0.2) is 41.7 Å². The number of carbonyl (C=O) groups excluding carboxylic acids is 1. The minimum Gasteiger partial charge on any atom is -0.384 e. The number of fused-ring (bicyclic) bond motifs is 1. The molecule has 1 aromatic rings. The fraction of sp³-hybridized carbons (Fsp3) is 0.562. The molecule has 1 amide bonds. The van der Waals surface area contributed by atoms with E-state index in [2.05, 4.69) is 27.4 Å². The van der Waals surface area contributed by atoms with Crippen molar-refractivity contribution in [3.05, 3.63) is 21.9 Å². The SMILES string of the molecule is O=C1CCC2CN(Cc3sccc3C#CCO)CCC2N1. The molecule has 0 radical (unpaired) electrons. The van der Waals surface area contributed by atoms with Gasteiger partial charge in [0.15, 0.2) is 0 Å². The molecule has 0 saturated carbocycles. The highest BCUT2D eigenvalue weighted by molar-refractivity contribution is 7.10. The van der Waals surface area contributed by atoms with E-state index in [1.54, 1.807) is 11.3 Å². The second kappa shape index (κ2) is 6.61. The van der Waals surface area contributed by atoms with Gasteiger partial charge in [-0.2, -0.15) is 0 Å². The summed E-state index contributed by atoms with van der Waals surface area (Å²) in [6.45, 7) is 2.90. The van der Waals surface area contributed by atoms with Gasteiger partial charge in [-0.05, 0) is 30.2 Å². The van der Waals surface area contributed by atoms with Crippen LogP contribution >= 0.6 is 11.3 Å². The van der Waals surface area contributed by atoms with E-state index in [1.165, 1.54) is 4.88 Å². The van der Waals surface area contributed by atoms with Crippen molar-refractivity contribution in [2.75, 3.05) is 19.7 Å². The summed E-state index contributed by atoms with van der Waals surface area (Å²) >= 11 is 1.73. The first-order valence-electron chi connectivity index (χ1n) is 7.44. The first-order chi connectivity index (χ1) is 10.3. The van der Waals surface area contributed by atoms with Crippen LogP contribution in [0.5, 0.6) is 0 Å². The van der Waals surface area contributed by atoms with Crippen molar-refractivity contribution >= 4 is 17.2 Å². The molecule has 2 aliphatic heterocycles. The van der Waals surface area contributed by atoms with Crippen molar-refractivity contribution in [3.8, 4) is 11.8 Å². The number of amides is 1. The number of carbonyl (C=O) groups is 1. The third kappa shape index (κ3) is 3.46. The molecule has 0 bridgehead atoms. The number of nitrogens with zero attached hydrogens (tertiary/aromatic N) is 1. The molecule has 1 aromatic heterocycles. The van der Waals surface area contributed by atoms with Crippen LogP contribution in [0.2, 0.25) is 0 Å². The zero-order valence-corrected chi connectivity index (χ0v) is 12.8. The monoisotopic (exact) mass is 304 g/mol. The lowest BCUT2D eigenvalue weighted by molar-refractivity contribution is -0.125. The summed E-state index contributed by atoms with van der Waals surface area (Å²) in [7, 11) is 0. The molecule has 21 heavy (non-hydrogen) atoms. The maximum atomic E-state index is 11.4. The molecular formula is C16H20N2O2S. The Hall–Kier alpha value is -1.35. The number of nitrogens with one attached hydrogen (secondary N) is 1. The van der Waals surface area contributed by atoms with Gasteiger partial charge in [-0.1, -0.05) is 11.8 Å². The third-order valence-electron chi connectivity index (χ3n) is 4.32. The average molecular weight is 304 g/mol. The molecule has 3 heterocycles. The molecule has 2 aliphatic rings. The smallest absolute Gasteiger partial charge is 0.220 e. The lowest BCUT2D eigenvalue weighted by Crippen LogP contribution is -2.53. The number of thiophene rings is 1. The second-order valence-electron chi connectivity index (χ2n) is 5.71. The summed E-state index contributed by atoms with van der Waals surface area (Å²) in [5, 5.41) is 14.0. The van der Waals surface area contributed by atoms with Crippen LogP contribution in [0.4, 0.5) is 0 Å². The van der Waals surface area contributed by atoms with Crippen LogP contribution in [0.1, 0.15) is 29.7 Å². The molecule has 0 aromatic carbocycles. The summed E-state index contributed by atoms with van der Waals surface area (Å²) in [5.74, 6) is 6.55. The van der Waals surface area contributed by atoms with Gasteiger partial charge in [-0.15, -0.1) is 11.3 Å². The molecule has 4 nitrogen and oxygen atoms in total. The molecule has 2 N–H and O–H groups in total. The van der Waals surface area contributed by atoms with E-state index in [-0.39, 0.29) is 12.5 Å². The molecule has 2 fully saturated rings. The van der Waals surface area contributed by atoms with Crippen molar-refractivity contribution < 1.29 is 9.90 Å². The van der Waals surface area contributed by atoms with Crippen molar-refractivity contribution in [3.63, 3.8) is 0 Å². The predicted octanol–water partition coefficient (Wildman–Crippen LogP) is 1.19. The molecule has 2 saturated heterocycles. The van der Waals surface area contributed by atoms with E-state index in [9.17, 15) is 4.79 Å². The van der Waals surface area contributed by atoms with Gasteiger partial charge in [0.1, 0.15) is 6.61 Å². The lowest BCUT2D eigenvalue weighted by Gasteiger charge is -2.41. The van der Waals surface area contributed by atoms with E-state index in [0.717, 1.165) is 38.0 Å². The number of hydrogen-bond acceptors (Lipinski definition) is 4. The van der Waals surface area contributed by atoms with Gasteiger partial charge < -0.3 is 10.4 Å². The average Bonchev–Trinajstić information content (AvgIpc) is 2.92. The van der Waals surface area contributed by atoms with E-state index < -0.39 is 0 Å². The van der Waals surface area contributed by atoms with Crippen molar-refractivity contribution in [2.45, 2.75) is 31.8 Å². The summed E-state index contributed by atoms with van der Waals surface area (Å²) in [4.78, 5) is 15.2. The highest BCUT2D eigenvalue weighted by Gasteiger charge is 2.33. The lowest BCUT2D eigenvalue weighted by atomic mass is 9.85. The molecule has 2 unspecified atom stereocenters. The van der Waals surface area contributed by atoms with Gasteiger partial charge in [-0.25, -0.2) is 0 Å². The Balaban J connectivity index is 1.62. The number of hydrogen-bond donors (Lipinski definition) is 2. The van der Waals surface area contributed by atoms with E-state index in [1.807, 2.05) is 6.07 Å². The minimum absolute atomic E-state index is 0.0948. The summed E-state index contributed by atoms with van der Waals surface area (Å²) in [6.07, 6.45) is 2.72. The van der Waals surface area contributed by atoms with Crippen LogP contribution in [0.15, 0.2) is 11.4 Å². The number of aliphatic hydroxyl groups is 1. The molecule has 3 rings (SSSR count). The first kappa shape index (κ1) is 14.6. The summed E-state index contributed by atoms with van der Waals surface area (Å²) < 4.78 is 0. The van der Waals surface area contributed by atoms with Gasteiger partial charge >= 0.3 is 0 Å². The van der Waals surface area contributed by atoms with Gasteiger partial charge in [0.25, 0.3) is 0 Å². The third-order valence-corrected chi connectivity index (χ3v) is 5.23. The summed E-state index contributed by atoms with van der Waals surface area (Å²) in [6, 6.07) is 2.40. The minimum atomic E-state index is -0.0948. The standard InChI is InChI=1S/C16H20N2O2S/c19-8-1-2-12-6-9-21-15(12)11-18-7-5-14-13(10-18)3-4-16(20)17-14/h6,9,13-14,19H,3-5,7-8,10-11H2,(H,17,20). The Bertz CT molecular complexity index is 572. The highest BCUT2D eigenvalue weighted by Crippen LogP contribution is 2.27. The topological polar surface area (TPSA) is 52.6 Å². The van der Waals surface area contributed by atoms with Gasteiger partial charge in [0.2, 0.25) is 5.91 Å². The molecule has 5 heteroatoms.